The van der Waals surface area contributed by atoms with Gasteiger partial charge in [0.2, 0.25) is 5.95 Å². The van der Waals surface area contributed by atoms with E-state index in [-0.39, 0.29) is 12.5 Å². The van der Waals surface area contributed by atoms with Crippen LogP contribution in [-0.2, 0) is 20.6 Å². The van der Waals surface area contributed by atoms with E-state index in [1.807, 2.05) is 18.2 Å². The van der Waals surface area contributed by atoms with Gasteiger partial charge in [0, 0.05) is 55.6 Å². The number of halogens is 3. The van der Waals surface area contributed by atoms with E-state index in [9.17, 15) is 0 Å². The van der Waals surface area contributed by atoms with E-state index in [1.54, 1.807) is 25.0 Å². The highest BCUT2D eigenvalue weighted by molar-refractivity contribution is 6.36. The van der Waals surface area contributed by atoms with Crippen molar-refractivity contribution in [3.63, 3.8) is 0 Å². The molecule has 3 aliphatic rings. The van der Waals surface area contributed by atoms with E-state index in [1.165, 1.54) is 5.69 Å². The minimum atomic E-state index is -0.434. The SMILES string of the molecule is COC(OC)C1CCN(c2ccc(C3=C(c4ccc(Cl)cc4Cl)CCCc4c3ccc3c4c(F)nn3C3CCCCO3)cc2)CC1. The van der Waals surface area contributed by atoms with Gasteiger partial charge < -0.3 is 19.1 Å². The molecule has 3 aromatic carbocycles. The molecule has 2 saturated heterocycles. The first-order valence-corrected chi connectivity index (χ1v) is 17.1. The number of methoxy groups -OCH3 is 2. The van der Waals surface area contributed by atoms with E-state index < -0.39 is 5.95 Å². The fraction of sp³-hybridized carbons (Fsp3) is 0.432. The highest BCUT2D eigenvalue weighted by atomic mass is 35.5. The number of allylic oxidation sites excluding steroid dienone is 1. The molecule has 0 bridgehead atoms. The highest BCUT2D eigenvalue weighted by Gasteiger charge is 2.29. The molecule has 2 aliphatic heterocycles. The van der Waals surface area contributed by atoms with E-state index >= 15 is 4.39 Å². The van der Waals surface area contributed by atoms with Gasteiger partial charge in [0.25, 0.3) is 0 Å². The van der Waals surface area contributed by atoms with Crippen LogP contribution < -0.4 is 4.90 Å². The first-order valence-electron chi connectivity index (χ1n) is 16.4. The number of anilines is 1. The van der Waals surface area contributed by atoms with Crippen LogP contribution in [0, 0.1) is 11.9 Å². The van der Waals surface area contributed by atoms with E-state index in [4.69, 9.17) is 37.4 Å². The Hall–Kier alpha value is -2.94. The number of aromatic nitrogens is 2. The minimum Gasteiger partial charge on any atom is -0.372 e. The van der Waals surface area contributed by atoms with E-state index in [0.29, 0.717) is 28.0 Å². The van der Waals surface area contributed by atoms with Crippen LogP contribution in [-0.4, -0.2) is 50.0 Å². The average Bonchev–Trinajstić information content (AvgIpc) is 3.30. The quantitative estimate of drug-likeness (QED) is 0.184. The Morgan fingerprint density at radius 3 is 2.35 bits per heavy atom. The summed E-state index contributed by atoms with van der Waals surface area (Å²) in [6.45, 7) is 2.55. The molecule has 0 radical (unpaired) electrons. The number of fused-ring (bicyclic) bond motifs is 3. The second-order valence-electron chi connectivity index (χ2n) is 12.6. The lowest BCUT2D eigenvalue weighted by atomic mass is 9.87. The second kappa shape index (κ2) is 13.7. The number of benzene rings is 3. The summed E-state index contributed by atoms with van der Waals surface area (Å²) in [5, 5.41) is 6.20. The molecule has 4 aromatic rings. The van der Waals surface area contributed by atoms with Crippen molar-refractivity contribution in [2.45, 2.75) is 63.9 Å². The Morgan fingerprint density at radius 1 is 0.891 bits per heavy atom. The van der Waals surface area contributed by atoms with Crippen LogP contribution in [0.5, 0.6) is 0 Å². The third kappa shape index (κ3) is 5.97. The van der Waals surface area contributed by atoms with Gasteiger partial charge in [-0.25, -0.2) is 4.68 Å². The monoisotopic (exact) mass is 663 g/mol. The molecule has 242 valence electrons. The van der Waals surface area contributed by atoms with Gasteiger partial charge in [-0.15, -0.1) is 5.10 Å². The largest absolute Gasteiger partial charge is 0.372 e. The maximum Gasteiger partial charge on any atom is 0.240 e. The summed E-state index contributed by atoms with van der Waals surface area (Å²) in [5.74, 6) is -0.0487. The topological polar surface area (TPSA) is 48.8 Å². The van der Waals surface area contributed by atoms with Crippen LogP contribution in [0.4, 0.5) is 10.1 Å². The zero-order valence-corrected chi connectivity index (χ0v) is 27.9. The van der Waals surface area contributed by atoms with Crippen LogP contribution >= 0.6 is 23.2 Å². The van der Waals surface area contributed by atoms with Gasteiger partial charge in [-0.3, -0.25) is 0 Å². The predicted molar refractivity (Wildman–Crippen MR) is 183 cm³/mol. The van der Waals surface area contributed by atoms with Crippen molar-refractivity contribution in [3.05, 3.63) is 92.8 Å². The molecule has 1 atom stereocenters. The van der Waals surface area contributed by atoms with Crippen LogP contribution in [0.1, 0.15) is 73.4 Å². The molecule has 0 N–H and O–H groups in total. The third-order valence-electron chi connectivity index (χ3n) is 9.96. The molecule has 0 amide bonds. The number of rotatable bonds is 7. The fourth-order valence-electron chi connectivity index (χ4n) is 7.70. The fourth-order valence-corrected chi connectivity index (χ4v) is 8.22. The number of hydrogen-bond donors (Lipinski definition) is 0. The molecule has 1 aromatic heterocycles. The molecule has 0 saturated carbocycles. The van der Waals surface area contributed by atoms with E-state index in [0.717, 1.165) is 103 Å². The van der Waals surface area contributed by atoms with Crippen LogP contribution in [0.2, 0.25) is 10.0 Å². The standard InChI is InChI=1S/C37H40Cl2FN3O3/c1-44-37(45-2)24-17-19-42(20-18-24)26-12-9-23(10-13-26)34-28(27-14-11-25(38)22-31(27)39)6-5-7-29-30(34)15-16-32-35(29)36(40)41-43(32)33-8-3-4-21-46-33/h9-16,22,24,33,37H,3-8,17-21H2,1-2H3. The van der Waals surface area contributed by atoms with Gasteiger partial charge in [-0.05, 0) is 115 Å². The van der Waals surface area contributed by atoms with Crippen molar-refractivity contribution in [2.24, 2.45) is 5.92 Å². The summed E-state index contributed by atoms with van der Waals surface area (Å²) >= 11 is 13.2. The summed E-state index contributed by atoms with van der Waals surface area (Å²) < 4.78 is 34.7. The summed E-state index contributed by atoms with van der Waals surface area (Å²) in [7, 11) is 3.42. The smallest absolute Gasteiger partial charge is 0.240 e. The van der Waals surface area contributed by atoms with Gasteiger partial charge in [0.15, 0.2) is 12.5 Å². The highest BCUT2D eigenvalue weighted by Crippen LogP contribution is 2.45. The molecule has 2 fully saturated rings. The number of piperidine rings is 1. The van der Waals surface area contributed by atoms with Gasteiger partial charge in [0.1, 0.15) is 0 Å². The summed E-state index contributed by atoms with van der Waals surface area (Å²) in [6, 6.07) is 18.7. The molecule has 1 unspecified atom stereocenters. The molecular formula is C37H40Cl2FN3O3. The number of hydrogen-bond acceptors (Lipinski definition) is 5. The second-order valence-corrected chi connectivity index (χ2v) is 13.4. The van der Waals surface area contributed by atoms with Gasteiger partial charge in [-0.2, -0.15) is 4.39 Å². The molecule has 9 heteroatoms. The van der Waals surface area contributed by atoms with Crippen molar-refractivity contribution < 1.29 is 18.6 Å². The predicted octanol–water partition coefficient (Wildman–Crippen LogP) is 9.31. The molecule has 0 spiro atoms. The molecule has 6 nitrogen and oxygen atoms in total. The molecule has 46 heavy (non-hydrogen) atoms. The molecule has 7 rings (SSSR count). The first-order chi connectivity index (χ1) is 22.5. The number of nitrogens with zero attached hydrogens (tertiary/aromatic N) is 3. The Balaban J connectivity index is 1.31. The first kappa shape index (κ1) is 31.6. The van der Waals surface area contributed by atoms with Crippen molar-refractivity contribution in [2.75, 3.05) is 38.8 Å². The van der Waals surface area contributed by atoms with Gasteiger partial charge in [-0.1, -0.05) is 47.5 Å². The Bertz CT molecular complexity index is 1740. The van der Waals surface area contributed by atoms with Crippen molar-refractivity contribution >= 4 is 50.9 Å². The van der Waals surface area contributed by atoms with Crippen molar-refractivity contribution in [1.82, 2.24) is 9.78 Å². The maximum absolute atomic E-state index is 15.9. The lowest BCUT2D eigenvalue weighted by Gasteiger charge is -2.36. The Morgan fingerprint density at radius 2 is 1.65 bits per heavy atom. The number of ether oxygens (including phenoxy) is 3. The Labute approximate surface area is 280 Å². The minimum absolute atomic E-state index is 0.163. The van der Waals surface area contributed by atoms with Crippen LogP contribution in [0.15, 0.2) is 54.6 Å². The Kier molecular flexibility index (Phi) is 9.40. The zero-order valence-electron chi connectivity index (χ0n) is 26.4. The van der Waals surface area contributed by atoms with Crippen LogP contribution in [0.25, 0.3) is 22.0 Å². The molecule has 1 aliphatic carbocycles. The van der Waals surface area contributed by atoms with Crippen molar-refractivity contribution in [3.8, 4) is 0 Å². The molecule has 3 heterocycles. The van der Waals surface area contributed by atoms with Gasteiger partial charge in [0.05, 0.1) is 10.9 Å². The van der Waals surface area contributed by atoms with E-state index in [2.05, 4.69) is 40.3 Å². The van der Waals surface area contributed by atoms with Gasteiger partial charge >= 0.3 is 0 Å². The third-order valence-corrected chi connectivity index (χ3v) is 10.5. The van der Waals surface area contributed by atoms with Crippen LogP contribution in [0.3, 0.4) is 0 Å². The summed E-state index contributed by atoms with van der Waals surface area (Å²) in [4.78, 5) is 2.43. The lowest BCUT2D eigenvalue weighted by Crippen LogP contribution is -2.39. The normalized spacial score (nSPS) is 19.6. The zero-order chi connectivity index (χ0) is 31.8. The van der Waals surface area contributed by atoms with Crippen molar-refractivity contribution in [1.29, 1.82) is 0 Å². The summed E-state index contributed by atoms with van der Waals surface area (Å²) in [6.07, 6.45) is 6.90. The molecular weight excluding hydrogens is 624 g/mol. The summed E-state index contributed by atoms with van der Waals surface area (Å²) in [5.41, 5.74) is 8.23. The lowest BCUT2D eigenvalue weighted by molar-refractivity contribution is -0.141. The maximum atomic E-state index is 15.9. The number of aryl methyl sites for hydroxylation is 1. The average molecular weight is 665 g/mol.